The summed E-state index contributed by atoms with van der Waals surface area (Å²) in [4.78, 5) is 18.6. The van der Waals surface area contributed by atoms with Crippen molar-refractivity contribution in [1.29, 1.82) is 0 Å². The zero-order valence-electron chi connectivity index (χ0n) is 18.7. The molecule has 1 aromatic carbocycles. The lowest BCUT2D eigenvalue weighted by Gasteiger charge is -2.38. The third-order valence-electron chi connectivity index (χ3n) is 5.61. The molecule has 1 aliphatic rings. The van der Waals surface area contributed by atoms with Crippen molar-refractivity contribution in [3.8, 4) is 0 Å². The predicted molar refractivity (Wildman–Crippen MR) is 133 cm³/mol. The molecule has 1 aromatic heterocycles. The number of methoxy groups -OCH3 is 1. The summed E-state index contributed by atoms with van der Waals surface area (Å²) in [7, 11) is 3.13. The number of carbonyl (C=O) groups is 1. The topological polar surface area (TPSA) is 79.1 Å². The largest absolute Gasteiger partial charge is 0.465 e. The van der Waals surface area contributed by atoms with Crippen LogP contribution in [0.15, 0.2) is 45.8 Å². The van der Waals surface area contributed by atoms with Crippen LogP contribution in [0.5, 0.6) is 0 Å². The third-order valence-corrected chi connectivity index (χ3v) is 5.61. The van der Waals surface area contributed by atoms with Crippen LogP contribution in [-0.4, -0.2) is 49.6 Å². The van der Waals surface area contributed by atoms with E-state index in [-0.39, 0.29) is 29.9 Å². The number of benzene rings is 1. The van der Waals surface area contributed by atoms with E-state index in [1.807, 2.05) is 0 Å². The zero-order chi connectivity index (χ0) is 21.5. The van der Waals surface area contributed by atoms with Crippen LogP contribution in [0.3, 0.4) is 0 Å². The number of ether oxygens (including phenoxy) is 1. The summed E-state index contributed by atoms with van der Waals surface area (Å²) >= 11 is 0. The first kappa shape index (κ1) is 25.2. The fourth-order valence-corrected chi connectivity index (χ4v) is 3.91. The number of nitrogens with one attached hydrogen (secondary N) is 2. The molecule has 2 N–H and O–H groups in total. The Hall–Kier alpha value is -2.07. The zero-order valence-corrected chi connectivity index (χ0v) is 21.0. The van der Waals surface area contributed by atoms with Gasteiger partial charge in [0.25, 0.3) is 0 Å². The van der Waals surface area contributed by atoms with Gasteiger partial charge in [0.15, 0.2) is 5.96 Å². The van der Waals surface area contributed by atoms with E-state index in [0.29, 0.717) is 35.7 Å². The molecule has 2 aromatic rings. The molecule has 170 valence electrons. The SMILES string of the molecule is CN=C(NCc1cc(C(=O)OC)c(C)o1)NC1CCN(Cc2ccccc2)C(C)C1.I. The van der Waals surface area contributed by atoms with Crippen molar-refractivity contribution >= 4 is 35.9 Å². The van der Waals surface area contributed by atoms with Crippen LogP contribution in [0.2, 0.25) is 0 Å². The average Bonchev–Trinajstić information content (AvgIpc) is 3.13. The second-order valence-electron chi connectivity index (χ2n) is 7.77. The number of aliphatic imine (C=N–C) groups is 1. The Labute approximate surface area is 201 Å². The van der Waals surface area contributed by atoms with Gasteiger partial charge in [0, 0.05) is 32.2 Å². The van der Waals surface area contributed by atoms with E-state index in [9.17, 15) is 4.79 Å². The van der Waals surface area contributed by atoms with Crippen LogP contribution < -0.4 is 10.6 Å². The van der Waals surface area contributed by atoms with Gasteiger partial charge < -0.3 is 19.8 Å². The molecule has 0 amide bonds. The number of rotatable bonds is 6. The van der Waals surface area contributed by atoms with E-state index < -0.39 is 0 Å². The number of furan rings is 1. The smallest absolute Gasteiger partial charge is 0.341 e. The van der Waals surface area contributed by atoms with Crippen molar-refractivity contribution in [2.24, 2.45) is 4.99 Å². The van der Waals surface area contributed by atoms with Gasteiger partial charge in [-0.05, 0) is 38.3 Å². The monoisotopic (exact) mass is 540 g/mol. The molecule has 1 fully saturated rings. The third kappa shape index (κ3) is 6.96. The highest BCUT2D eigenvalue weighted by molar-refractivity contribution is 14.0. The Morgan fingerprint density at radius 2 is 2.06 bits per heavy atom. The fraction of sp³-hybridized carbons (Fsp3) is 0.478. The first-order valence-electron chi connectivity index (χ1n) is 10.4. The molecule has 1 saturated heterocycles. The maximum Gasteiger partial charge on any atom is 0.341 e. The number of piperidine rings is 1. The van der Waals surface area contributed by atoms with Gasteiger partial charge in [0.2, 0.25) is 0 Å². The Balaban J connectivity index is 0.00000341. The quantitative estimate of drug-likeness (QED) is 0.252. The standard InChI is InChI=1S/C23H32N4O3.HI/c1-16-12-19(10-11-27(16)15-18-8-6-5-7-9-18)26-23(24-3)25-14-20-13-21(17(2)30-20)22(28)29-4;/h5-9,13,16,19H,10-12,14-15H2,1-4H3,(H2,24,25,26);1H. The predicted octanol–water partition coefficient (Wildman–Crippen LogP) is 3.71. The van der Waals surface area contributed by atoms with Crippen molar-refractivity contribution < 1.29 is 13.9 Å². The molecule has 8 heteroatoms. The first-order chi connectivity index (χ1) is 14.5. The van der Waals surface area contributed by atoms with Crippen molar-refractivity contribution in [2.45, 2.75) is 51.9 Å². The Morgan fingerprint density at radius 1 is 1.32 bits per heavy atom. The molecule has 2 unspecified atom stereocenters. The molecule has 0 spiro atoms. The summed E-state index contributed by atoms with van der Waals surface area (Å²) in [6, 6.07) is 13.2. The first-order valence-corrected chi connectivity index (χ1v) is 10.4. The van der Waals surface area contributed by atoms with Crippen LogP contribution in [0.25, 0.3) is 0 Å². The van der Waals surface area contributed by atoms with E-state index in [2.05, 4.69) is 57.8 Å². The van der Waals surface area contributed by atoms with Gasteiger partial charge in [-0.3, -0.25) is 9.89 Å². The van der Waals surface area contributed by atoms with Gasteiger partial charge in [-0.2, -0.15) is 0 Å². The molecule has 0 radical (unpaired) electrons. The summed E-state index contributed by atoms with van der Waals surface area (Å²) in [5.74, 6) is 1.57. The molecule has 3 rings (SSSR count). The Morgan fingerprint density at radius 3 is 2.71 bits per heavy atom. The lowest BCUT2D eigenvalue weighted by Crippen LogP contribution is -2.51. The number of halogens is 1. The highest BCUT2D eigenvalue weighted by Crippen LogP contribution is 2.20. The number of nitrogens with zero attached hydrogens (tertiary/aromatic N) is 2. The maximum atomic E-state index is 11.7. The number of hydrogen-bond acceptors (Lipinski definition) is 5. The molecular formula is C23H33IN4O3. The highest BCUT2D eigenvalue weighted by atomic mass is 127. The molecule has 0 saturated carbocycles. The lowest BCUT2D eigenvalue weighted by molar-refractivity contribution is 0.0599. The molecule has 2 atom stereocenters. The number of likely N-dealkylation sites (tertiary alicyclic amines) is 1. The van der Waals surface area contributed by atoms with E-state index in [4.69, 9.17) is 9.15 Å². The van der Waals surface area contributed by atoms with Crippen LogP contribution in [0, 0.1) is 6.92 Å². The molecule has 1 aliphatic heterocycles. The number of esters is 1. The lowest BCUT2D eigenvalue weighted by atomic mass is 9.97. The van der Waals surface area contributed by atoms with Crippen molar-refractivity contribution in [3.63, 3.8) is 0 Å². The van der Waals surface area contributed by atoms with Gasteiger partial charge in [-0.15, -0.1) is 24.0 Å². The van der Waals surface area contributed by atoms with Gasteiger partial charge in [-0.1, -0.05) is 30.3 Å². The second kappa shape index (κ2) is 12.1. The minimum absolute atomic E-state index is 0. The number of carbonyl (C=O) groups excluding carboxylic acids is 1. The molecule has 7 nitrogen and oxygen atoms in total. The summed E-state index contributed by atoms with van der Waals surface area (Å²) in [6.45, 7) is 6.52. The number of hydrogen-bond donors (Lipinski definition) is 2. The van der Waals surface area contributed by atoms with Crippen molar-refractivity contribution in [3.05, 3.63) is 59.0 Å². The van der Waals surface area contributed by atoms with Crippen LogP contribution in [0.1, 0.15) is 47.2 Å². The van der Waals surface area contributed by atoms with Gasteiger partial charge in [-0.25, -0.2) is 4.79 Å². The summed E-state index contributed by atoms with van der Waals surface area (Å²) in [6.07, 6.45) is 2.12. The van der Waals surface area contributed by atoms with Crippen LogP contribution in [-0.2, 0) is 17.8 Å². The Kier molecular flexibility index (Phi) is 9.83. The molecular weight excluding hydrogens is 507 g/mol. The van der Waals surface area contributed by atoms with E-state index in [0.717, 1.165) is 31.9 Å². The number of guanidine groups is 1. The van der Waals surface area contributed by atoms with Crippen molar-refractivity contribution in [2.75, 3.05) is 20.7 Å². The number of aryl methyl sites for hydroxylation is 1. The Bertz CT molecular complexity index is 869. The van der Waals surface area contributed by atoms with Gasteiger partial charge >= 0.3 is 5.97 Å². The maximum absolute atomic E-state index is 11.7. The molecule has 31 heavy (non-hydrogen) atoms. The minimum atomic E-state index is -0.388. The summed E-state index contributed by atoms with van der Waals surface area (Å²) < 4.78 is 10.4. The molecule has 0 aliphatic carbocycles. The summed E-state index contributed by atoms with van der Waals surface area (Å²) in [5.41, 5.74) is 1.81. The van der Waals surface area contributed by atoms with E-state index in [1.54, 1.807) is 20.0 Å². The van der Waals surface area contributed by atoms with E-state index >= 15 is 0 Å². The highest BCUT2D eigenvalue weighted by Gasteiger charge is 2.26. The van der Waals surface area contributed by atoms with Crippen LogP contribution in [0.4, 0.5) is 0 Å². The average molecular weight is 540 g/mol. The minimum Gasteiger partial charge on any atom is -0.465 e. The van der Waals surface area contributed by atoms with Gasteiger partial charge in [0.1, 0.15) is 17.1 Å². The summed E-state index contributed by atoms with van der Waals surface area (Å²) in [5, 5.41) is 6.80. The second-order valence-corrected chi connectivity index (χ2v) is 7.77. The molecule has 2 heterocycles. The van der Waals surface area contributed by atoms with E-state index in [1.165, 1.54) is 12.7 Å². The van der Waals surface area contributed by atoms with Crippen molar-refractivity contribution in [1.82, 2.24) is 15.5 Å². The normalized spacial score (nSPS) is 19.4. The fourth-order valence-electron chi connectivity index (χ4n) is 3.91. The molecule has 0 bridgehead atoms. The van der Waals surface area contributed by atoms with Crippen LogP contribution >= 0.6 is 24.0 Å². The van der Waals surface area contributed by atoms with Gasteiger partial charge in [0.05, 0.1) is 13.7 Å².